The van der Waals surface area contributed by atoms with Crippen LogP contribution in [0, 0.1) is 0 Å². The van der Waals surface area contributed by atoms with Gasteiger partial charge in [0.1, 0.15) is 0 Å². The topological polar surface area (TPSA) is 45.2 Å². The first-order chi connectivity index (χ1) is 7.81. The molecule has 0 bridgehead atoms. The zero-order valence-corrected chi connectivity index (χ0v) is 9.52. The minimum Gasteiger partial charge on any atom is -0.338 e. The molecule has 4 heteroatoms. The Morgan fingerprint density at radius 2 is 2.62 bits per heavy atom. The second-order valence-electron chi connectivity index (χ2n) is 4.05. The molecule has 4 nitrogen and oxygen atoms in total. The van der Waals surface area contributed by atoms with Crippen molar-refractivity contribution in [1.82, 2.24) is 15.2 Å². The maximum atomic E-state index is 11.6. The van der Waals surface area contributed by atoms with E-state index in [1.165, 1.54) is 5.56 Å². The third-order valence-electron chi connectivity index (χ3n) is 2.96. The number of amides is 2. The number of carbonyl (C=O) groups is 1. The van der Waals surface area contributed by atoms with Crippen molar-refractivity contribution >= 4 is 6.03 Å². The Bertz CT molecular complexity index is 358. The summed E-state index contributed by atoms with van der Waals surface area (Å²) >= 11 is 0. The fourth-order valence-electron chi connectivity index (χ4n) is 2.10. The lowest BCUT2D eigenvalue weighted by Gasteiger charge is -2.16. The number of urea groups is 1. The SMILES string of the molecule is CCNC(=O)N1CCC(c2cccnc2)C1.[HH]. The smallest absolute Gasteiger partial charge is 0.317 e. The van der Waals surface area contributed by atoms with Crippen LogP contribution in [0.2, 0.25) is 0 Å². The highest BCUT2D eigenvalue weighted by Crippen LogP contribution is 2.26. The van der Waals surface area contributed by atoms with Crippen LogP contribution in [0.4, 0.5) is 4.79 Å². The van der Waals surface area contributed by atoms with Crippen LogP contribution >= 0.6 is 0 Å². The van der Waals surface area contributed by atoms with Crippen LogP contribution in [0.15, 0.2) is 24.5 Å². The molecule has 2 rings (SSSR count). The molecule has 1 saturated heterocycles. The molecular weight excluding hydrogens is 202 g/mol. The molecule has 0 aromatic carbocycles. The van der Waals surface area contributed by atoms with Crippen molar-refractivity contribution in [3.8, 4) is 0 Å². The largest absolute Gasteiger partial charge is 0.338 e. The van der Waals surface area contributed by atoms with Crippen LogP contribution in [0.1, 0.15) is 26.3 Å². The minimum atomic E-state index is 0. The molecule has 0 radical (unpaired) electrons. The van der Waals surface area contributed by atoms with Gasteiger partial charge in [-0.15, -0.1) is 0 Å². The van der Waals surface area contributed by atoms with E-state index < -0.39 is 0 Å². The minimum absolute atomic E-state index is 0. The van der Waals surface area contributed by atoms with Crippen molar-refractivity contribution in [2.75, 3.05) is 19.6 Å². The average Bonchev–Trinajstić information content (AvgIpc) is 2.80. The Morgan fingerprint density at radius 1 is 1.75 bits per heavy atom. The maximum Gasteiger partial charge on any atom is 0.317 e. The van der Waals surface area contributed by atoms with Crippen molar-refractivity contribution < 1.29 is 6.22 Å². The predicted octanol–water partition coefficient (Wildman–Crippen LogP) is 1.85. The quantitative estimate of drug-likeness (QED) is 0.828. The molecule has 0 spiro atoms. The summed E-state index contributed by atoms with van der Waals surface area (Å²) in [6.45, 7) is 4.27. The first kappa shape index (κ1) is 10.9. The van der Waals surface area contributed by atoms with E-state index in [9.17, 15) is 4.79 Å². The summed E-state index contributed by atoms with van der Waals surface area (Å²) in [6, 6.07) is 4.08. The molecule has 1 N–H and O–H groups in total. The van der Waals surface area contributed by atoms with Gasteiger partial charge in [0, 0.05) is 39.4 Å². The van der Waals surface area contributed by atoms with Gasteiger partial charge in [-0.25, -0.2) is 4.79 Å². The van der Waals surface area contributed by atoms with Gasteiger partial charge in [-0.3, -0.25) is 4.98 Å². The predicted molar refractivity (Wildman–Crippen MR) is 64.4 cm³/mol. The summed E-state index contributed by atoms with van der Waals surface area (Å²) in [5, 5.41) is 2.83. The standard InChI is InChI=1S/C12H17N3O.H2/c1-2-14-12(16)15-7-5-11(9-15)10-4-3-6-13-8-10;/h3-4,6,8,11H,2,5,7,9H2,1H3,(H,14,16);1H. The van der Waals surface area contributed by atoms with Crippen molar-refractivity contribution in [2.24, 2.45) is 0 Å². The first-order valence-electron chi connectivity index (χ1n) is 5.74. The molecule has 1 atom stereocenters. The highest BCUT2D eigenvalue weighted by Gasteiger charge is 2.26. The van der Waals surface area contributed by atoms with Gasteiger partial charge in [-0.1, -0.05) is 6.07 Å². The number of hydrogen-bond acceptors (Lipinski definition) is 2. The molecule has 1 aliphatic rings. The summed E-state index contributed by atoms with van der Waals surface area (Å²) in [4.78, 5) is 17.6. The van der Waals surface area contributed by atoms with Gasteiger partial charge in [0.15, 0.2) is 0 Å². The highest BCUT2D eigenvalue weighted by atomic mass is 16.2. The van der Waals surface area contributed by atoms with Gasteiger partial charge in [-0.2, -0.15) is 0 Å². The third kappa shape index (κ3) is 2.32. The van der Waals surface area contributed by atoms with Gasteiger partial charge < -0.3 is 10.2 Å². The zero-order chi connectivity index (χ0) is 11.4. The number of hydrogen-bond donors (Lipinski definition) is 1. The second kappa shape index (κ2) is 4.96. The summed E-state index contributed by atoms with van der Waals surface area (Å²) in [6.07, 6.45) is 4.70. The Labute approximate surface area is 97.2 Å². The molecule has 0 saturated carbocycles. The number of rotatable bonds is 2. The monoisotopic (exact) mass is 221 g/mol. The Hall–Kier alpha value is -1.58. The maximum absolute atomic E-state index is 11.6. The fraction of sp³-hybridized carbons (Fsp3) is 0.500. The van der Waals surface area contributed by atoms with E-state index in [4.69, 9.17) is 0 Å². The Kier molecular flexibility index (Phi) is 3.39. The Balaban J connectivity index is 0.00000144. The molecule has 1 aromatic rings. The van der Waals surface area contributed by atoms with E-state index in [2.05, 4.69) is 16.4 Å². The number of aromatic nitrogens is 1. The van der Waals surface area contributed by atoms with Gasteiger partial charge in [-0.05, 0) is 25.0 Å². The van der Waals surface area contributed by atoms with E-state index in [1.807, 2.05) is 24.1 Å². The summed E-state index contributed by atoms with van der Waals surface area (Å²) in [5.74, 6) is 0.441. The van der Waals surface area contributed by atoms with Crippen LogP contribution in [0.25, 0.3) is 0 Å². The third-order valence-corrected chi connectivity index (χ3v) is 2.96. The van der Waals surface area contributed by atoms with Crippen LogP contribution in [-0.2, 0) is 0 Å². The normalized spacial score (nSPS) is 19.8. The fourth-order valence-corrected chi connectivity index (χ4v) is 2.10. The number of carbonyl (C=O) groups excluding carboxylic acids is 1. The molecule has 1 unspecified atom stereocenters. The second-order valence-corrected chi connectivity index (χ2v) is 4.05. The average molecular weight is 221 g/mol. The van der Waals surface area contributed by atoms with E-state index in [0.29, 0.717) is 12.5 Å². The van der Waals surface area contributed by atoms with E-state index in [0.717, 1.165) is 19.5 Å². The van der Waals surface area contributed by atoms with Gasteiger partial charge in [0.2, 0.25) is 0 Å². The molecule has 2 heterocycles. The molecule has 1 aliphatic heterocycles. The van der Waals surface area contributed by atoms with Crippen LogP contribution < -0.4 is 5.32 Å². The molecular formula is C12H19N3O. The van der Waals surface area contributed by atoms with Crippen molar-refractivity contribution in [3.05, 3.63) is 30.1 Å². The lowest BCUT2D eigenvalue weighted by Crippen LogP contribution is -2.38. The summed E-state index contributed by atoms with van der Waals surface area (Å²) in [7, 11) is 0. The van der Waals surface area contributed by atoms with Gasteiger partial charge >= 0.3 is 6.03 Å². The van der Waals surface area contributed by atoms with Gasteiger partial charge in [0.05, 0.1) is 0 Å². The molecule has 88 valence electrons. The molecule has 2 amide bonds. The summed E-state index contributed by atoms with van der Waals surface area (Å²) in [5.41, 5.74) is 1.23. The van der Waals surface area contributed by atoms with Gasteiger partial charge in [0.25, 0.3) is 0 Å². The Morgan fingerprint density at radius 3 is 3.31 bits per heavy atom. The van der Waals surface area contributed by atoms with Crippen LogP contribution in [-0.4, -0.2) is 35.5 Å². The number of pyridine rings is 1. The number of nitrogens with zero attached hydrogens (tertiary/aromatic N) is 2. The van der Waals surface area contributed by atoms with Crippen LogP contribution in [0.3, 0.4) is 0 Å². The lowest BCUT2D eigenvalue weighted by atomic mass is 10.0. The van der Waals surface area contributed by atoms with E-state index in [-0.39, 0.29) is 7.46 Å². The highest BCUT2D eigenvalue weighted by molar-refractivity contribution is 5.74. The number of likely N-dealkylation sites (tertiary alicyclic amines) is 1. The van der Waals surface area contributed by atoms with Crippen molar-refractivity contribution in [2.45, 2.75) is 19.3 Å². The zero-order valence-electron chi connectivity index (χ0n) is 9.52. The molecule has 0 aliphatic carbocycles. The molecule has 1 fully saturated rings. The van der Waals surface area contributed by atoms with E-state index in [1.54, 1.807) is 6.20 Å². The van der Waals surface area contributed by atoms with Crippen molar-refractivity contribution in [1.29, 1.82) is 0 Å². The molecule has 1 aromatic heterocycles. The molecule has 16 heavy (non-hydrogen) atoms. The first-order valence-corrected chi connectivity index (χ1v) is 5.74. The van der Waals surface area contributed by atoms with Crippen molar-refractivity contribution in [3.63, 3.8) is 0 Å². The van der Waals surface area contributed by atoms with Crippen LogP contribution in [0.5, 0.6) is 0 Å². The van der Waals surface area contributed by atoms with E-state index >= 15 is 0 Å². The number of nitrogens with one attached hydrogen (secondary N) is 1. The lowest BCUT2D eigenvalue weighted by molar-refractivity contribution is 0.209. The summed E-state index contributed by atoms with van der Waals surface area (Å²) < 4.78 is 0.